The van der Waals surface area contributed by atoms with E-state index in [1.54, 1.807) is 12.4 Å². The molecule has 1 aliphatic heterocycles. The summed E-state index contributed by atoms with van der Waals surface area (Å²) in [5.41, 5.74) is 5.11. The van der Waals surface area contributed by atoms with Gasteiger partial charge in [0, 0.05) is 53.0 Å². The van der Waals surface area contributed by atoms with Gasteiger partial charge < -0.3 is 10.6 Å². The minimum Gasteiger partial charge on any atom is -0.362 e. The van der Waals surface area contributed by atoms with Crippen molar-refractivity contribution in [2.45, 2.75) is 31.6 Å². The Morgan fingerprint density at radius 2 is 1.68 bits per heavy atom. The van der Waals surface area contributed by atoms with Crippen molar-refractivity contribution in [1.82, 2.24) is 10.3 Å². The van der Waals surface area contributed by atoms with Crippen molar-refractivity contribution in [3.63, 3.8) is 0 Å². The molecule has 0 spiro atoms. The van der Waals surface area contributed by atoms with E-state index in [9.17, 15) is 14.0 Å². The molecule has 2 atom stereocenters. The number of amides is 1. The van der Waals surface area contributed by atoms with Gasteiger partial charge in [-0.3, -0.25) is 14.6 Å². The molecule has 170 valence electrons. The highest BCUT2D eigenvalue weighted by molar-refractivity contribution is 6.10. The number of carbonyl (C=O) groups excluding carboxylic acids is 2. The first-order valence-electron chi connectivity index (χ1n) is 11.3. The van der Waals surface area contributed by atoms with Crippen LogP contribution >= 0.6 is 0 Å². The maximum absolute atomic E-state index is 13.6. The minimum atomic E-state index is -0.510. The van der Waals surface area contributed by atoms with E-state index in [0.717, 1.165) is 16.8 Å². The number of dihydropyridines is 1. The highest BCUT2D eigenvalue weighted by Crippen LogP contribution is 2.45. The number of aromatic nitrogens is 1. The number of anilines is 1. The van der Waals surface area contributed by atoms with E-state index >= 15 is 0 Å². The summed E-state index contributed by atoms with van der Waals surface area (Å²) in [6.07, 6.45) is 4.42. The van der Waals surface area contributed by atoms with Crippen molar-refractivity contribution in [3.05, 3.63) is 119 Å². The van der Waals surface area contributed by atoms with Crippen LogP contribution < -0.4 is 10.6 Å². The number of Topliss-reactive ketones (excluding diaryl/α,β-unsaturated/α-hetero) is 1. The third kappa shape index (κ3) is 4.15. The van der Waals surface area contributed by atoms with E-state index in [1.165, 1.54) is 24.3 Å². The summed E-state index contributed by atoms with van der Waals surface area (Å²) in [7, 11) is 0. The number of rotatable bonds is 4. The van der Waals surface area contributed by atoms with E-state index in [1.807, 2.05) is 37.3 Å². The quantitative estimate of drug-likeness (QED) is 0.568. The van der Waals surface area contributed by atoms with Gasteiger partial charge in [0.25, 0.3) is 5.91 Å². The summed E-state index contributed by atoms with van der Waals surface area (Å²) < 4.78 is 13.3. The Bertz CT molecular complexity index is 1300. The summed E-state index contributed by atoms with van der Waals surface area (Å²) in [4.78, 5) is 31.1. The fourth-order valence-corrected chi connectivity index (χ4v) is 4.92. The average Bonchev–Trinajstić information content (AvgIpc) is 2.85. The monoisotopic (exact) mass is 453 g/mol. The van der Waals surface area contributed by atoms with E-state index in [4.69, 9.17) is 0 Å². The van der Waals surface area contributed by atoms with Crippen LogP contribution in [0, 0.1) is 5.82 Å². The minimum absolute atomic E-state index is 0.0315. The van der Waals surface area contributed by atoms with Gasteiger partial charge in [0.05, 0.1) is 0 Å². The smallest absolute Gasteiger partial charge is 0.254 e. The average molecular weight is 454 g/mol. The third-order valence-electron chi connectivity index (χ3n) is 6.48. The van der Waals surface area contributed by atoms with Gasteiger partial charge in [0.2, 0.25) is 0 Å². The number of allylic oxidation sites excluding steroid dienone is 3. The molecule has 0 fully saturated rings. The molecule has 0 radical (unpaired) electrons. The van der Waals surface area contributed by atoms with Crippen LogP contribution in [0.4, 0.5) is 10.1 Å². The van der Waals surface area contributed by atoms with Crippen LogP contribution in [0.5, 0.6) is 0 Å². The topological polar surface area (TPSA) is 71.1 Å². The van der Waals surface area contributed by atoms with Gasteiger partial charge in [-0.05, 0) is 66.8 Å². The number of ketones is 1. The SMILES string of the molecule is CC1=C(C(=O)Nc2ccc(F)cc2)[C@@H](c2ccncc2)C2=C(C[C@H](c3ccccc3)CC2=O)N1. The van der Waals surface area contributed by atoms with Crippen LogP contribution in [-0.2, 0) is 9.59 Å². The zero-order valence-electron chi connectivity index (χ0n) is 18.7. The molecule has 0 bridgehead atoms. The Kier molecular flexibility index (Phi) is 5.80. The summed E-state index contributed by atoms with van der Waals surface area (Å²) in [5, 5.41) is 6.24. The number of nitrogens with one attached hydrogen (secondary N) is 2. The number of carbonyl (C=O) groups is 2. The Morgan fingerprint density at radius 1 is 0.971 bits per heavy atom. The van der Waals surface area contributed by atoms with Crippen molar-refractivity contribution in [3.8, 4) is 0 Å². The van der Waals surface area contributed by atoms with E-state index in [-0.39, 0.29) is 23.4 Å². The normalized spacial score (nSPS) is 20.0. The molecular weight excluding hydrogens is 429 g/mol. The second-order valence-corrected chi connectivity index (χ2v) is 8.67. The number of hydrogen-bond donors (Lipinski definition) is 2. The highest BCUT2D eigenvalue weighted by Gasteiger charge is 2.40. The number of benzene rings is 2. The number of nitrogens with zero attached hydrogens (tertiary/aromatic N) is 1. The molecule has 3 aromatic rings. The predicted molar refractivity (Wildman–Crippen MR) is 128 cm³/mol. The molecule has 1 aromatic heterocycles. The van der Waals surface area contributed by atoms with Crippen LogP contribution in [0.3, 0.4) is 0 Å². The Morgan fingerprint density at radius 3 is 2.38 bits per heavy atom. The van der Waals surface area contributed by atoms with Crippen LogP contribution in [0.2, 0.25) is 0 Å². The van der Waals surface area contributed by atoms with Gasteiger partial charge in [-0.2, -0.15) is 0 Å². The van der Waals surface area contributed by atoms with Gasteiger partial charge in [-0.15, -0.1) is 0 Å². The molecule has 5 rings (SSSR count). The largest absolute Gasteiger partial charge is 0.362 e. The second kappa shape index (κ2) is 9.06. The lowest BCUT2D eigenvalue weighted by molar-refractivity contribution is -0.116. The van der Waals surface area contributed by atoms with Gasteiger partial charge >= 0.3 is 0 Å². The van der Waals surface area contributed by atoms with Crippen molar-refractivity contribution >= 4 is 17.4 Å². The summed E-state index contributed by atoms with van der Waals surface area (Å²) in [5.74, 6) is -1.10. The van der Waals surface area contributed by atoms with Crippen LogP contribution in [0.25, 0.3) is 0 Å². The highest BCUT2D eigenvalue weighted by atomic mass is 19.1. The molecule has 1 aliphatic carbocycles. The molecule has 2 aromatic carbocycles. The summed E-state index contributed by atoms with van der Waals surface area (Å²) >= 11 is 0. The molecule has 0 saturated carbocycles. The molecular formula is C28H24FN3O2. The zero-order valence-corrected chi connectivity index (χ0v) is 18.7. The number of hydrogen-bond acceptors (Lipinski definition) is 4. The standard InChI is InChI=1S/C28H24FN3O2/c1-17-25(28(34)32-22-9-7-21(29)8-10-22)26(19-11-13-30-14-12-19)27-23(31-17)15-20(16-24(27)33)18-5-3-2-4-6-18/h2-14,20,26,31H,15-16H2,1H3,(H,32,34)/t20-,26+/m0/s1. The Balaban J connectivity index is 1.54. The fraction of sp³-hybridized carbons (Fsp3) is 0.179. The Labute approximate surface area is 197 Å². The van der Waals surface area contributed by atoms with Crippen LogP contribution in [0.1, 0.15) is 42.7 Å². The van der Waals surface area contributed by atoms with Crippen molar-refractivity contribution in [2.75, 3.05) is 5.32 Å². The molecule has 2 aliphatic rings. The lowest BCUT2D eigenvalue weighted by Crippen LogP contribution is -2.37. The summed E-state index contributed by atoms with van der Waals surface area (Å²) in [6, 6.07) is 19.4. The number of halogens is 1. The molecule has 2 heterocycles. The van der Waals surface area contributed by atoms with E-state index in [2.05, 4.69) is 27.8 Å². The van der Waals surface area contributed by atoms with Crippen molar-refractivity contribution < 1.29 is 14.0 Å². The second-order valence-electron chi connectivity index (χ2n) is 8.67. The van der Waals surface area contributed by atoms with E-state index < -0.39 is 5.92 Å². The molecule has 0 unspecified atom stereocenters. The molecule has 0 saturated heterocycles. The maximum atomic E-state index is 13.6. The van der Waals surface area contributed by atoms with Gasteiger partial charge in [-0.1, -0.05) is 30.3 Å². The summed E-state index contributed by atoms with van der Waals surface area (Å²) in [6.45, 7) is 1.86. The van der Waals surface area contributed by atoms with E-state index in [0.29, 0.717) is 35.4 Å². The van der Waals surface area contributed by atoms with Gasteiger partial charge in [-0.25, -0.2) is 4.39 Å². The maximum Gasteiger partial charge on any atom is 0.254 e. The third-order valence-corrected chi connectivity index (χ3v) is 6.48. The lowest BCUT2D eigenvalue weighted by atomic mass is 9.71. The molecule has 6 heteroatoms. The van der Waals surface area contributed by atoms with Crippen molar-refractivity contribution in [2.24, 2.45) is 0 Å². The van der Waals surface area contributed by atoms with Crippen molar-refractivity contribution in [1.29, 1.82) is 0 Å². The first-order chi connectivity index (χ1) is 16.5. The molecule has 5 nitrogen and oxygen atoms in total. The van der Waals surface area contributed by atoms with Crippen LogP contribution in [-0.4, -0.2) is 16.7 Å². The molecule has 2 N–H and O–H groups in total. The van der Waals surface area contributed by atoms with Crippen LogP contribution in [0.15, 0.2) is 102 Å². The Hall–Kier alpha value is -4.06. The fourth-order valence-electron chi connectivity index (χ4n) is 4.92. The first-order valence-corrected chi connectivity index (χ1v) is 11.3. The molecule has 1 amide bonds. The van der Waals surface area contributed by atoms with Gasteiger partial charge in [0.15, 0.2) is 5.78 Å². The first kappa shape index (κ1) is 21.8. The zero-order chi connectivity index (χ0) is 23.7. The lowest BCUT2D eigenvalue weighted by Gasteiger charge is -2.37. The number of pyridine rings is 1. The predicted octanol–water partition coefficient (Wildman–Crippen LogP) is 5.22. The molecule has 34 heavy (non-hydrogen) atoms. The van der Waals surface area contributed by atoms with Gasteiger partial charge in [0.1, 0.15) is 5.82 Å².